The van der Waals surface area contributed by atoms with Gasteiger partial charge in [0.1, 0.15) is 11.5 Å². The zero-order chi connectivity index (χ0) is 19.8. The van der Waals surface area contributed by atoms with E-state index in [0.717, 1.165) is 5.56 Å². The molecule has 0 heterocycles. The van der Waals surface area contributed by atoms with Gasteiger partial charge in [-0.3, -0.25) is 9.59 Å². The summed E-state index contributed by atoms with van der Waals surface area (Å²) >= 11 is 0. The number of ether oxygens (including phenoxy) is 2. The van der Waals surface area contributed by atoms with Gasteiger partial charge in [-0.2, -0.15) is 0 Å². The lowest BCUT2D eigenvalue weighted by molar-refractivity contribution is -0.161. The number of carbonyl (C=O) groups excluding carboxylic acids is 2. The molecule has 0 amide bonds. The fourth-order valence-corrected chi connectivity index (χ4v) is 2.97. The van der Waals surface area contributed by atoms with Crippen LogP contribution >= 0.6 is 0 Å². The lowest BCUT2D eigenvalue weighted by Gasteiger charge is -2.28. The van der Waals surface area contributed by atoms with Crippen molar-refractivity contribution in [3.63, 3.8) is 0 Å². The Labute approximate surface area is 164 Å². The van der Waals surface area contributed by atoms with Crippen LogP contribution in [0, 0.1) is 5.41 Å². The topological polar surface area (TPSA) is 52.6 Å². The Hall–Kier alpha value is -3.40. The quantitative estimate of drug-likeness (QED) is 0.337. The third-order valence-electron chi connectivity index (χ3n) is 4.64. The average Bonchev–Trinajstić information content (AvgIpc) is 2.74. The molecule has 0 N–H and O–H groups in total. The number of hydrogen-bond acceptors (Lipinski definition) is 4. The number of esters is 2. The Balaban J connectivity index is 1.93. The first-order valence-corrected chi connectivity index (χ1v) is 9.22. The first kappa shape index (κ1) is 19.4. The van der Waals surface area contributed by atoms with Crippen molar-refractivity contribution in [2.75, 3.05) is 0 Å². The van der Waals surface area contributed by atoms with Crippen molar-refractivity contribution in [3.05, 3.63) is 96.6 Å². The van der Waals surface area contributed by atoms with Crippen LogP contribution < -0.4 is 9.47 Å². The van der Waals surface area contributed by atoms with Gasteiger partial charge in [-0.05, 0) is 42.7 Å². The molecule has 0 aromatic heterocycles. The van der Waals surface area contributed by atoms with Gasteiger partial charge in [0.2, 0.25) is 0 Å². The van der Waals surface area contributed by atoms with Crippen molar-refractivity contribution in [3.8, 4) is 11.5 Å². The van der Waals surface area contributed by atoms with Crippen LogP contribution in [0.4, 0.5) is 0 Å². The van der Waals surface area contributed by atoms with Gasteiger partial charge in [-0.1, -0.05) is 73.7 Å². The Morgan fingerprint density at radius 3 is 1.46 bits per heavy atom. The minimum absolute atomic E-state index is 0.196. The maximum absolute atomic E-state index is 13.2. The molecule has 0 bridgehead atoms. The number of carbonyl (C=O) groups is 2. The Kier molecular flexibility index (Phi) is 6.22. The summed E-state index contributed by atoms with van der Waals surface area (Å²) in [6, 6.07) is 26.9. The fourth-order valence-electron chi connectivity index (χ4n) is 2.97. The van der Waals surface area contributed by atoms with Crippen LogP contribution in [-0.2, 0) is 16.0 Å². The molecular formula is C24H22O4. The molecule has 0 atom stereocenters. The smallest absolute Gasteiger partial charge is 0.329 e. The maximum Gasteiger partial charge on any atom is 0.329 e. The van der Waals surface area contributed by atoms with E-state index in [2.05, 4.69) is 0 Å². The van der Waals surface area contributed by atoms with E-state index >= 15 is 0 Å². The van der Waals surface area contributed by atoms with E-state index in [-0.39, 0.29) is 12.8 Å². The van der Waals surface area contributed by atoms with E-state index in [9.17, 15) is 9.59 Å². The molecule has 0 radical (unpaired) electrons. The standard InChI is InChI=1S/C24H22O4/c1-2-24(18-19-12-6-3-7-13-19,22(25)27-20-14-8-4-9-15-20)23(26)28-21-16-10-5-11-17-21/h3-17H,2,18H2,1H3. The number of hydrogen-bond donors (Lipinski definition) is 0. The third kappa shape index (κ3) is 4.46. The first-order valence-electron chi connectivity index (χ1n) is 9.22. The second-order valence-corrected chi connectivity index (χ2v) is 6.50. The van der Waals surface area contributed by atoms with E-state index in [0.29, 0.717) is 11.5 Å². The van der Waals surface area contributed by atoms with Gasteiger partial charge in [-0.25, -0.2) is 0 Å². The van der Waals surface area contributed by atoms with Gasteiger partial charge in [-0.15, -0.1) is 0 Å². The third-order valence-corrected chi connectivity index (χ3v) is 4.64. The van der Waals surface area contributed by atoms with Gasteiger partial charge in [0.15, 0.2) is 5.41 Å². The molecule has 0 fully saturated rings. The van der Waals surface area contributed by atoms with Crippen molar-refractivity contribution < 1.29 is 19.1 Å². The van der Waals surface area contributed by atoms with Crippen LogP contribution in [0.5, 0.6) is 11.5 Å². The zero-order valence-corrected chi connectivity index (χ0v) is 15.7. The van der Waals surface area contributed by atoms with Crippen LogP contribution in [0.25, 0.3) is 0 Å². The number of benzene rings is 3. The van der Waals surface area contributed by atoms with E-state index in [1.807, 2.05) is 42.5 Å². The molecule has 142 valence electrons. The minimum Gasteiger partial charge on any atom is -0.426 e. The lowest BCUT2D eigenvalue weighted by atomic mass is 9.79. The summed E-state index contributed by atoms with van der Waals surface area (Å²) in [5, 5.41) is 0. The van der Waals surface area contributed by atoms with Gasteiger partial charge in [0.25, 0.3) is 0 Å². The number of rotatable bonds is 7. The molecule has 4 nitrogen and oxygen atoms in total. The summed E-state index contributed by atoms with van der Waals surface area (Å²) in [6.07, 6.45) is 0.445. The monoisotopic (exact) mass is 374 g/mol. The Morgan fingerprint density at radius 2 is 1.07 bits per heavy atom. The highest BCUT2D eigenvalue weighted by Gasteiger charge is 2.48. The minimum atomic E-state index is -1.45. The van der Waals surface area contributed by atoms with Crippen molar-refractivity contribution in [1.82, 2.24) is 0 Å². The molecule has 0 aliphatic rings. The maximum atomic E-state index is 13.2. The molecule has 0 spiro atoms. The molecule has 0 unspecified atom stereocenters. The molecular weight excluding hydrogens is 352 g/mol. The highest BCUT2D eigenvalue weighted by molar-refractivity contribution is 6.02. The van der Waals surface area contributed by atoms with Crippen LogP contribution in [0.3, 0.4) is 0 Å². The zero-order valence-electron chi connectivity index (χ0n) is 15.7. The Morgan fingerprint density at radius 1 is 0.679 bits per heavy atom. The molecule has 3 aromatic carbocycles. The normalized spacial score (nSPS) is 10.9. The summed E-state index contributed by atoms with van der Waals surface area (Å²) in [7, 11) is 0. The van der Waals surface area contributed by atoms with E-state index in [1.54, 1.807) is 55.5 Å². The molecule has 0 saturated heterocycles. The van der Waals surface area contributed by atoms with Crippen molar-refractivity contribution in [2.24, 2.45) is 5.41 Å². The summed E-state index contributed by atoms with van der Waals surface area (Å²) in [6.45, 7) is 1.79. The lowest BCUT2D eigenvalue weighted by Crippen LogP contribution is -2.46. The van der Waals surface area contributed by atoms with Gasteiger partial charge >= 0.3 is 11.9 Å². The first-order chi connectivity index (χ1) is 13.6. The van der Waals surface area contributed by atoms with Gasteiger partial charge in [0.05, 0.1) is 0 Å². The second kappa shape index (κ2) is 9.00. The molecule has 0 aliphatic carbocycles. The molecule has 3 rings (SSSR count). The van der Waals surface area contributed by atoms with Gasteiger partial charge < -0.3 is 9.47 Å². The second-order valence-electron chi connectivity index (χ2n) is 6.50. The predicted octanol–water partition coefficient (Wildman–Crippen LogP) is 4.84. The largest absolute Gasteiger partial charge is 0.426 e. The van der Waals surface area contributed by atoms with Gasteiger partial charge in [0, 0.05) is 0 Å². The molecule has 4 heteroatoms. The average molecular weight is 374 g/mol. The van der Waals surface area contributed by atoms with E-state index in [4.69, 9.17) is 9.47 Å². The van der Waals surface area contributed by atoms with Crippen molar-refractivity contribution >= 4 is 11.9 Å². The fraction of sp³-hybridized carbons (Fsp3) is 0.167. The van der Waals surface area contributed by atoms with Crippen LogP contribution in [0.15, 0.2) is 91.0 Å². The van der Waals surface area contributed by atoms with Crippen LogP contribution in [0.1, 0.15) is 18.9 Å². The number of para-hydroxylation sites is 2. The summed E-state index contributed by atoms with van der Waals surface area (Å²) in [4.78, 5) is 26.4. The summed E-state index contributed by atoms with van der Waals surface area (Å²) in [5.41, 5.74) is -0.591. The van der Waals surface area contributed by atoms with Crippen LogP contribution in [-0.4, -0.2) is 11.9 Å². The van der Waals surface area contributed by atoms with E-state index in [1.165, 1.54) is 0 Å². The highest BCUT2D eigenvalue weighted by atomic mass is 16.6. The SMILES string of the molecule is CCC(Cc1ccccc1)(C(=O)Oc1ccccc1)C(=O)Oc1ccccc1. The predicted molar refractivity (Wildman–Crippen MR) is 107 cm³/mol. The van der Waals surface area contributed by atoms with Crippen molar-refractivity contribution in [1.29, 1.82) is 0 Å². The summed E-state index contributed by atoms with van der Waals surface area (Å²) in [5.74, 6) is -0.450. The molecule has 3 aromatic rings. The van der Waals surface area contributed by atoms with Crippen molar-refractivity contribution in [2.45, 2.75) is 19.8 Å². The summed E-state index contributed by atoms with van der Waals surface area (Å²) < 4.78 is 11.1. The molecule has 0 saturated carbocycles. The highest BCUT2D eigenvalue weighted by Crippen LogP contribution is 2.32. The molecule has 0 aliphatic heterocycles. The van der Waals surface area contributed by atoms with Crippen LogP contribution in [0.2, 0.25) is 0 Å². The Bertz CT molecular complexity index is 852. The van der Waals surface area contributed by atoms with E-state index < -0.39 is 17.4 Å². The molecule has 28 heavy (non-hydrogen) atoms.